The summed E-state index contributed by atoms with van der Waals surface area (Å²) in [5.41, 5.74) is 1.60. The number of hydrogen-bond acceptors (Lipinski definition) is 2. The van der Waals surface area contributed by atoms with Crippen molar-refractivity contribution >= 4 is 0 Å². The Kier molecular flexibility index (Phi) is 4.15. The highest BCUT2D eigenvalue weighted by atomic mass is 16.3. The van der Waals surface area contributed by atoms with Crippen LogP contribution in [0.4, 0.5) is 0 Å². The van der Waals surface area contributed by atoms with Crippen LogP contribution in [0.15, 0.2) is 24.3 Å². The number of rotatable bonds is 4. The largest absolute Gasteiger partial charge is 0.508 e. The SMILES string of the molecule is CC(C)(C)CCNCc1ccc(O)cc1. The maximum Gasteiger partial charge on any atom is 0.115 e. The number of aromatic hydroxyl groups is 1. The molecule has 1 rings (SSSR count). The number of phenolic OH excluding ortho intramolecular Hbond substituents is 1. The van der Waals surface area contributed by atoms with Gasteiger partial charge in [0.05, 0.1) is 0 Å². The van der Waals surface area contributed by atoms with Gasteiger partial charge in [-0.25, -0.2) is 0 Å². The summed E-state index contributed by atoms with van der Waals surface area (Å²) >= 11 is 0. The molecule has 0 aliphatic rings. The quantitative estimate of drug-likeness (QED) is 0.744. The van der Waals surface area contributed by atoms with Crippen LogP contribution in [0.5, 0.6) is 5.75 Å². The van der Waals surface area contributed by atoms with Gasteiger partial charge in [-0.1, -0.05) is 32.9 Å². The molecule has 15 heavy (non-hydrogen) atoms. The Bertz CT molecular complexity index is 284. The molecule has 0 heterocycles. The Labute approximate surface area is 92.3 Å². The topological polar surface area (TPSA) is 32.3 Å². The second kappa shape index (κ2) is 5.17. The van der Waals surface area contributed by atoms with Crippen LogP contribution in [-0.2, 0) is 6.54 Å². The molecule has 0 aliphatic heterocycles. The molecule has 2 N–H and O–H groups in total. The van der Waals surface area contributed by atoms with Crippen LogP contribution < -0.4 is 5.32 Å². The van der Waals surface area contributed by atoms with E-state index in [4.69, 9.17) is 5.11 Å². The summed E-state index contributed by atoms with van der Waals surface area (Å²) in [5, 5.41) is 12.5. The first-order valence-corrected chi connectivity index (χ1v) is 5.46. The van der Waals surface area contributed by atoms with E-state index in [9.17, 15) is 0 Å². The fraction of sp³-hybridized carbons (Fsp3) is 0.538. The van der Waals surface area contributed by atoms with Crippen molar-refractivity contribution in [3.05, 3.63) is 29.8 Å². The van der Waals surface area contributed by atoms with Crippen molar-refractivity contribution in [2.75, 3.05) is 6.54 Å². The molecule has 2 nitrogen and oxygen atoms in total. The van der Waals surface area contributed by atoms with E-state index in [0.717, 1.165) is 13.1 Å². The molecule has 0 radical (unpaired) electrons. The summed E-state index contributed by atoms with van der Waals surface area (Å²) < 4.78 is 0. The average Bonchev–Trinajstić information content (AvgIpc) is 2.14. The summed E-state index contributed by atoms with van der Waals surface area (Å²) in [6.07, 6.45) is 1.17. The molecular weight excluding hydrogens is 186 g/mol. The van der Waals surface area contributed by atoms with Crippen LogP contribution in [-0.4, -0.2) is 11.7 Å². The molecule has 0 spiro atoms. The monoisotopic (exact) mass is 207 g/mol. The molecule has 0 atom stereocenters. The summed E-state index contributed by atoms with van der Waals surface area (Å²) in [5.74, 6) is 0.327. The zero-order valence-electron chi connectivity index (χ0n) is 9.88. The molecular formula is C13H21NO. The number of nitrogens with one attached hydrogen (secondary N) is 1. The lowest BCUT2D eigenvalue weighted by molar-refractivity contribution is 0.366. The van der Waals surface area contributed by atoms with Gasteiger partial charge in [-0.05, 0) is 36.1 Å². The van der Waals surface area contributed by atoms with Gasteiger partial charge in [0.25, 0.3) is 0 Å². The van der Waals surface area contributed by atoms with Crippen molar-refractivity contribution in [1.29, 1.82) is 0 Å². The van der Waals surface area contributed by atoms with E-state index in [1.54, 1.807) is 12.1 Å². The number of benzene rings is 1. The van der Waals surface area contributed by atoms with E-state index in [-0.39, 0.29) is 0 Å². The smallest absolute Gasteiger partial charge is 0.115 e. The fourth-order valence-electron chi connectivity index (χ4n) is 1.31. The second-order valence-corrected chi connectivity index (χ2v) is 5.15. The van der Waals surface area contributed by atoms with Crippen LogP contribution in [0, 0.1) is 5.41 Å². The Morgan fingerprint density at radius 2 is 1.73 bits per heavy atom. The van der Waals surface area contributed by atoms with Gasteiger partial charge in [-0.2, -0.15) is 0 Å². The lowest BCUT2D eigenvalue weighted by Crippen LogP contribution is -2.20. The lowest BCUT2D eigenvalue weighted by atomic mass is 9.92. The van der Waals surface area contributed by atoms with Gasteiger partial charge in [0.1, 0.15) is 5.75 Å². The molecule has 84 valence electrons. The van der Waals surface area contributed by atoms with Crippen molar-refractivity contribution in [2.45, 2.75) is 33.7 Å². The third-order valence-electron chi connectivity index (χ3n) is 2.32. The van der Waals surface area contributed by atoms with Gasteiger partial charge in [0.2, 0.25) is 0 Å². The van der Waals surface area contributed by atoms with Gasteiger partial charge in [0, 0.05) is 6.54 Å². The highest BCUT2D eigenvalue weighted by Crippen LogP contribution is 2.17. The molecule has 2 heteroatoms. The highest BCUT2D eigenvalue weighted by molar-refractivity contribution is 5.25. The zero-order valence-corrected chi connectivity index (χ0v) is 9.88. The minimum atomic E-state index is 0.327. The highest BCUT2D eigenvalue weighted by Gasteiger charge is 2.08. The minimum Gasteiger partial charge on any atom is -0.508 e. The van der Waals surface area contributed by atoms with E-state index in [1.165, 1.54) is 12.0 Å². The Morgan fingerprint density at radius 3 is 2.27 bits per heavy atom. The summed E-state index contributed by atoms with van der Waals surface area (Å²) in [6.45, 7) is 8.64. The predicted molar refractivity (Wildman–Crippen MR) is 63.9 cm³/mol. The van der Waals surface area contributed by atoms with Crippen molar-refractivity contribution in [3.63, 3.8) is 0 Å². The van der Waals surface area contributed by atoms with E-state index >= 15 is 0 Å². The molecule has 0 fully saturated rings. The molecule has 1 aromatic carbocycles. The maximum absolute atomic E-state index is 9.11. The predicted octanol–water partition coefficient (Wildman–Crippen LogP) is 2.92. The third-order valence-corrected chi connectivity index (χ3v) is 2.32. The summed E-state index contributed by atoms with van der Waals surface area (Å²) in [6, 6.07) is 7.33. The molecule has 0 aromatic heterocycles. The van der Waals surface area contributed by atoms with Crippen LogP contribution in [0.3, 0.4) is 0 Å². The van der Waals surface area contributed by atoms with E-state index in [2.05, 4.69) is 26.1 Å². The zero-order chi connectivity index (χ0) is 11.3. The van der Waals surface area contributed by atoms with Gasteiger partial charge in [-0.3, -0.25) is 0 Å². The molecule has 1 aromatic rings. The van der Waals surface area contributed by atoms with Gasteiger partial charge in [0.15, 0.2) is 0 Å². The van der Waals surface area contributed by atoms with E-state index in [1.807, 2.05) is 12.1 Å². The Balaban J connectivity index is 2.23. The summed E-state index contributed by atoms with van der Waals surface area (Å²) in [4.78, 5) is 0. The molecule has 0 bridgehead atoms. The minimum absolute atomic E-state index is 0.327. The van der Waals surface area contributed by atoms with Crippen molar-refractivity contribution in [1.82, 2.24) is 5.32 Å². The molecule has 0 saturated heterocycles. The average molecular weight is 207 g/mol. The first-order valence-electron chi connectivity index (χ1n) is 5.46. The third kappa shape index (κ3) is 5.43. The summed E-state index contributed by atoms with van der Waals surface area (Å²) in [7, 11) is 0. The normalized spacial score (nSPS) is 11.7. The lowest BCUT2D eigenvalue weighted by Gasteiger charge is -2.18. The fourth-order valence-corrected chi connectivity index (χ4v) is 1.31. The van der Waals surface area contributed by atoms with Gasteiger partial charge in [-0.15, -0.1) is 0 Å². The first kappa shape index (κ1) is 12.1. The molecule has 0 saturated carbocycles. The standard InChI is InChI=1S/C13H21NO/c1-13(2,3)8-9-14-10-11-4-6-12(15)7-5-11/h4-7,14-15H,8-10H2,1-3H3. The van der Waals surface area contributed by atoms with Gasteiger partial charge < -0.3 is 10.4 Å². The Hall–Kier alpha value is -1.02. The number of hydrogen-bond donors (Lipinski definition) is 2. The van der Waals surface area contributed by atoms with Crippen molar-refractivity contribution < 1.29 is 5.11 Å². The first-order chi connectivity index (χ1) is 6.97. The Morgan fingerprint density at radius 1 is 1.13 bits per heavy atom. The second-order valence-electron chi connectivity index (χ2n) is 5.15. The van der Waals surface area contributed by atoms with Crippen LogP contribution >= 0.6 is 0 Å². The molecule has 0 aliphatic carbocycles. The molecule has 0 amide bonds. The van der Waals surface area contributed by atoms with Crippen molar-refractivity contribution in [3.8, 4) is 5.75 Å². The number of phenols is 1. The van der Waals surface area contributed by atoms with Crippen LogP contribution in [0.2, 0.25) is 0 Å². The van der Waals surface area contributed by atoms with Crippen molar-refractivity contribution in [2.24, 2.45) is 5.41 Å². The maximum atomic E-state index is 9.11. The van der Waals surface area contributed by atoms with E-state index < -0.39 is 0 Å². The molecule has 0 unspecified atom stereocenters. The van der Waals surface area contributed by atoms with Gasteiger partial charge >= 0.3 is 0 Å². The van der Waals surface area contributed by atoms with Crippen LogP contribution in [0.1, 0.15) is 32.8 Å². The van der Waals surface area contributed by atoms with Crippen LogP contribution in [0.25, 0.3) is 0 Å². The van der Waals surface area contributed by atoms with E-state index in [0.29, 0.717) is 11.2 Å².